The van der Waals surface area contributed by atoms with Gasteiger partial charge >= 0.3 is 0 Å². The van der Waals surface area contributed by atoms with Gasteiger partial charge in [0.05, 0.1) is 4.90 Å². The van der Waals surface area contributed by atoms with Crippen LogP contribution in [0.25, 0.3) is 0 Å². The number of piperidine rings is 1. The average molecular weight is 490 g/mol. The summed E-state index contributed by atoms with van der Waals surface area (Å²) in [6.07, 6.45) is 2.09. The van der Waals surface area contributed by atoms with Crippen molar-refractivity contribution >= 4 is 27.5 Å². The molecular formula is C25H32ClN3O3S. The molecule has 0 aromatic heterocycles. The van der Waals surface area contributed by atoms with Crippen molar-refractivity contribution in [1.82, 2.24) is 14.1 Å². The molecular weight excluding hydrogens is 458 g/mol. The fourth-order valence-electron chi connectivity index (χ4n) is 4.66. The molecule has 0 saturated carbocycles. The topological polar surface area (TPSA) is 60.9 Å². The minimum Gasteiger partial charge on any atom is -0.341 e. The lowest BCUT2D eigenvalue weighted by molar-refractivity contribution is -0.136. The van der Waals surface area contributed by atoms with Gasteiger partial charge in [0.1, 0.15) is 0 Å². The molecule has 0 unspecified atom stereocenters. The molecule has 33 heavy (non-hydrogen) atoms. The molecule has 2 aliphatic rings. The third kappa shape index (κ3) is 5.96. The summed E-state index contributed by atoms with van der Waals surface area (Å²) < 4.78 is 27.3. The van der Waals surface area contributed by atoms with Crippen LogP contribution in [-0.2, 0) is 21.4 Å². The Bertz CT molecular complexity index is 1050. The number of aryl methyl sites for hydroxylation is 1. The van der Waals surface area contributed by atoms with Gasteiger partial charge in [-0.25, -0.2) is 8.42 Å². The molecule has 2 aromatic carbocycles. The van der Waals surface area contributed by atoms with E-state index in [4.69, 9.17) is 11.6 Å². The number of sulfonamides is 1. The van der Waals surface area contributed by atoms with Crippen molar-refractivity contribution in [2.75, 3.05) is 39.3 Å². The third-order valence-electron chi connectivity index (χ3n) is 6.68. The zero-order valence-electron chi connectivity index (χ0n) is 19.1. The first-order valence-corrected chi connectivity index (χ1v) is 13.5. The predicted octanol–water partition coefficient (Wildman–Crippen LogP) is 3.78. The van der Waals surface area contributed by atoms with Crippen molar-refractivity contribution in [2.45, 2.75) is 37.6 Å². The highest BCUT2D eigenvalue weighted by Gasteiger charge is 2.34. The van der Waals surface area contributed by atoms with Crippen LogP contribution in [0.15, 0.2) is 53.4 Å². The Hall–Kier alpha value is -1.93. The summed E-state index contributed by atoms with van der Waals surface area (Å²) in [4.78, 5) is 17.9. The van der Waals surface area contributed by atoms with Crippen LogP contribution in [0, 0.1) is 12.8 Å². The molecule has 2 saturated heterocycles. The van der Waals surface area contributed by atoms with E-state index in [1.807, 2.05) is 4.90 Å². The van der Waals surface area contributed by atoms with Crippen molar-refractivity contribution in [3.05, 3.63) is 64.7 Å². The molecule has 2 aliphatic heterocycles. The van der Waals surface area contributed by atoms with Crippen LogP contribution < -0.4 is 0 Å². The van der Waals surface area contributed by atoms with Crippen molar-refractivity contribution in [1.29, 1.82) is 0 Å². The molecule has 0 N–H and O–H groups in total. The molecule has 0 radical (unpaired) electrons. The number of hydrogen-bond acceptors (Lipinski definition) is 4. The number of hydrogen-bond donors (Lipinski definition) is 0. The van der Waals surface area contributed by atoms with E-state index in [9.17, 15) is 13.2 Å². The summed E-state index contributed by atoms with van der Waals surface area (Å²) in [5, 5.41) is 0.508. The number of rotatable bonds is 5. The summed E-state index contributed by atoms with van der Waals surface area (Å²) in [5.41, 5.74) is 2.56. The van der Waals surface area contributed by atoms with E-state index < -0.39 is 10.0 Å². The van der Waals surface area contributed by atoms with Crippen LogP contribution in [0.4, 0.5) is 0 Å². The van der Waals surface area contributed by atoms with Gasteiger partial charge in [0, 0.05) is 56.8 Å². The first kappa shape index (κ1) is 24.2. The number of halogens is 1. The van der Waals surface area contributed by atoms with Crippen LogP contribution in [0.2, 0.25) is 5.02 Å². The fraction of sp³-hybridized carbons (Fsp3) is 0.480. The Balaban J connectivity index is 1.29. The zero-order valence-corrected chi connectivity index (χ0v) is 20.7. The molecule has 6 nitrogen and oxygen atoms in total. The molecule has 8 heteroatoms. The highest BCUT2D eigenvalue weighted by atomic mass is 35.5. The van der Waals surface area contributed by atoms with Crippen molar-refractivity contribution in [3.8, 4) is 0 Å². The summed E-state index contributed by atoms with van der Waals surface area (Å²) in [6, 6.07) is 14.9. The van der Waals surface area contributed by atoms with Gasteiger partial charge in [0.25, 0.3) is 0 Å². The van der Waals surface area contributed by atoms with Crippen molar-refractivity contribution < 1.29 is 13.2 Å². The van der Waals surface area contributed by atoms with Crippen LogP contribution in [0.1, 0.15) is 30.4 Å². The third-order valence-corrected chi connectivity index (χ3v) is 8.85. The minimum absolute atomic E-state index is 0.106. The Morgan fingerprint density at radius 2 is 1.58 bits per heavy atom. The van der Waals surface area contributed by atoms with E-state index in [1.165, 1.54) is 27.6 Å². The molecule has 1 amide bonds. The van der Waals surface area contributed by atoms with E-state index in [0.717, 1.165) is 39.1 Å². The maximum Gasteiger partial charge on any atom is 0.243 e. The van der Waals surface area contributed by atoms with Crippen LogP contribution >= 0.6 is 11.6 Å². The van der Waals surface area contributed by atoms with Gasteiger partial charge in [-0.15, -0.1) is 0 Å². The van der Waals surface area contributed by atoms with Gasteiger partial charge in [0.2, 0.25) is 15.9 Å². The van der Waals surface area contributed by atoms with E-state index in [0.29, 0.717) is 31.0 Å². The van der Waals surface area contributed by atoms with Gasteiger partial charge in [0.15, 0.2) is 0 Å². The lowest BCUT2D eigenvalue weighted by Crippen LogP contribution is -2.45. The zero-order chi connectivity index (χ0) is 23.4. The van der Waals surface area contributed by atoms with Crippen LogP contribution in [0.3, 0.4) is 0 Å². The van der Waals surface area contributed by atoms with E-state index in [-0.39, 0.29) is 16.7 Å². The molecule has 0 aliphatic carbocycles. The highest BCUT2D eigenvalue weighted by Crippen LogP contribution is 2.26. The SMILES string of the molecule is Cc1ccc(CN2CCCN(C(=O)C3CCN(S(=O)(=O)c4ccc(Cl)cc4)CC3)CC2)cc1. The second-order valence-corrected chi connectivity index (χ2v) is 11.4. The first-order chi connectivity index (χ1) is 15.8. The minimum atomic E-state index is -3.56. The van der Waals surface area contributed by atoms with Gasteiger partial charge < -0.3 is 4.90 Å². The number of benzene rings is 2. The molecule has 0 spiro atoms. The summed E-state index contributed by atoms with van der Waals surface area (Å²) in [7, 11) is -3.56. The first-order valence-electron chi connectivity index (χ1n) is 11.7. The van der Waals surface area contributed by atoms with Gasteiger partial charge in [-0.3, -0.25) is 9.69 Å². The highest BCUT2D eigenvalue weighted by molar-refractivity contribution is 7.89. The monoisotopic (exact) mass is 489 g/mol. The second-order valence-electron chi connectivity index (χ2n) is 9.07. The molecule has 178 valence electrons. The van der Waals surface area contributed by atoms with Crippen molar-refractivity contribution in [2.24, 2.45) is 5.92 Å². The van der Waals surface area contributed by atoms with E-state index in [1.54, 1.807) is 12.1 Å². The Morgan fingerprint density at radius 1 is 0.909 bits per heavy atom. The standard InChI is InChI=1S/C25H32ClN3O3S/c1-20-3-5-21(6-4-20)19-27-13-2-14-28(18-17-27)25(30)22-11-15-29(16-12-22)33(31,32)24-9-7-23(26)8-10-24/h3-10,22H,2,11-19H2,1H3. The largest absolute Gasteiger partial charge is 0.341 e. The summed E-state index contributed by atoms with van der Waals surface area (Å²) >= 11 is 5.89. The second kappa shape index (κ2) is 10.6. The average Bonchev–Trinajstić information content (AvgIpc) is 3.06. The number of amides is 1. The molecule has 4 rings (SSSR count). The lowest BCUT2D eigenvalue weighted by Gasteiger charge is -2.33. The van der Waals surface area contributed by atoms with E-state index >= 15 is 0 Å². The number of carbonyl (C=O) groups is 1. The summed E-state index contributed by atoms with van der Waals surface area (Å²) in [6.45, 7) is 7.09. The maximum atomic E-state index is 13.2. The molecule has 2 aromatic rings. The summed E-state index contributed by atoms with van der Waals surface area (Å²) in [5.74, 6) is 0.0704. The van der Waals surface area contributed by atoms with Crippen molar-refractivity contribution in [3.63, 3.8) is 0 Å². The molecule has 2 fully saturated rings. The normalized spacial score (nSPS) is 19.4. The predicted molar refractivity (Wildman–Crippen MR) is 131 cm³/mol. The number of nitrogens with zero attached hydrogens (tertiary/aromatic N) is 3. The molecule has 0 bridgehead atoms. The van der Waals surface area contributed by atoms with Gasteiger partial charge in [-0.05, 0) is 56.0 Å². The molecule has 2 heterocycles. The Morgan fingerprint density at radius 3 is 2.24 bits per heavy atom. The van der Waals surface area contributed by atoms with Crippen LogP contribution in [-0.4, -0.2) is 67.7 Å². The van der Waals surface area contributed by atoms with Gasteiger partial charge in [-0.1, -0.05) is 41.4 Å². The van der Waals surface area contributed by atoms with E-state index in [2.05, 4.69) is 36.1 Å². The Labute approximate surface area is 202 Å². The fourth-order valence-corrected chi connectivity index (χ4v) is 6.25. The van der Waals surface area contributed by atoms with Crippen LogP contribution in [0.5, 0.6) is 0 Å². The Kier molecular flexibility index (Phi) is 7.74. The maximum absolute atomic E-state index is 13.2. The lowest BCUT2D eigenvalue weighted by atomic mass is 9.96. The number of carbonyl (C=O) groups excluding carboxylic acids is 1. The smallest absolute Gasteiger partial charge is 0.243 e. The molecule has 0 atom stereocenters. The van der Waals surface area contributed by atoms with Gasteiger partial charge in [-0.2, -0.15) is 4.31 Å². The quantitative estimate of drug-likeness (QED) is 0.641.